The zero-order valence-corrected chi connectivity index (χ0v) is 17.6. The van der Waals surface area contributed by atoms with Gasteiger partial charge in [0.05, 0.1) is 16.9 Å². The number of pyridine rings is 2. The largest absolute Gasteiger partial charge is 0.382 e. The van der Waals surface area contributed by atoms with Crippen LogP contribution in [0.1, 0.15) is 30.9 Å². The molecular formula is C20H22ClN7S. The highest BCUT2D eigenvalue weighted by Crippen LogP contribution is 2.43. The van der Waals surface area contributed by atoms with Crippen molar-refractivity contribution in [3.63, 3.8) is 0 Å². The van der Waals surface area contributed by atoms with E-state index in [1.807, 2.05) is 24.4 Å². The van der Waals surface area contributed by atoms with Crippen molar-refractivity contribution in [2.24, 2.45) is 5.73 Å². The van der Waals surface area contributed by atoms with Crippen LogP contribution in [0, 0.1) is 0 Å². The van der Waals surface area contributed by atoms with E-state index in [2.05, 4.69) is 26.9 Å². The van der Waals surface area contributed by atoms with E-state index in [9.17, 15) is 0 Å². The quantitative estimate of drug-likeness (QED) is 0.656. The predicted octanol–water partition coefficient (Wildman–Crippen LogP) is 3.08. The van der Waals surface area contributed by atoms with Gasteiger partial charge < -0.3 is 11.5 Å². The Morgan fingerprint density at radius 3 is 2.86 bits per heavy atom. The van der Waals surface area contributed by atoms with Crippen molar-refractivity contribution in [3.8, 4) is 0 Å². The lowest BCUT2D eigenvalue weighted by molar-refractivity contribution is 0.158. The summed E-state index contributed by atoms with van der Waals surface area (Å²) in [6, 6.07) is 7.00. The molecule has 29 heavy (non-hydrogen) atoms. The van der Waals surface area contributed by atoms with Crippen molar-refractivity contribution in [1.29, 1.82) is 0 Å². The Bertz CT molecular complexity index is 1080. The number of nitrogen functional groups attached to an aromatic ring is 1. The van der Waals surface area contributed by atoms with Gasteiger partial charge in [0.2, 0.25) is 0 Å². The summed E-state index contributed by atoms with van der Waals surface area (Å²) in [5.41, 5.74) is 14.5. The Kier molecular flexibility index (Phi) is 4.82. The fourth-order valence-corrected chi connectivity index (χ4v) is 5.65. The summed E-state index contributed by atoms with van der Waals surface area (Å²) in [5, 5.41) is 1.23. The number of nitrogens with zero attached hydrogens (tertiary/aromatic N) is 5. The summed E-state index contributed by atoms with van der Waals surface area (Å²) in [6.07, 6.45) is 6.69. The lowest BCUT2D eigenvalue weighted by Crippen LogP contribution is -2.45. The Hall–Kier alpha value is -2.00. The van der Waals surface area contributed by atoms with E-state index in [-0.39, 0.29) is 6.04 Å². The number of halogens is 1. The maximum atomic E-state index is 6.25. The molecular weight excluding hydrogens is 406 g/mol. The van der Waals surface area contributed by atoms with Crippen LogP contribution in [0.15, 0.2) is 40.5 Å². The lowest BCUT2D eigenvalue weighted by Gasteiger charge is -2.35. The number of aromatic nitrogens is 4. The van der Waals surface area contributed by atoms with Gasteiger partial charge in [-0.25, -0.2) is 19.9 Å². The third-order valence-electron chi connectivity index (χ3n) is 6.08. The molecule has 0 amide bonds. The van der Waals surface area contributed by atoms with Crippen molar-refractivity contribution < 1.29 is 0 Å². The monoisotopic (exact) mass is 427 g/mol. The molecule has 3 aromatic heterocycles. The Labute approximate surface area is 178 Å². The number of piperidine rings is 1. The zero-order valence-electron chi connectivity index (χ0n) is 16.0. The smallest absolute Gasteiger partial charge is 0.179 e. The van der Waals surface area contributed by atoms with Crippen molar-refractivity contribution in [2.45, 2.75) is 53.2 Å². The van der Waals surface area contributed by atoms with Gasteiger partial charge in [0.15, 0.2) is 5.65 Å². The molecule has 0 radical (unpaired) electrons. The van der Waals surface area contributed by atoms with Crippen LogP contribution in [-0.4, -0.2) is 50.0 Å². The Balaban J connectivity index is 1.42. The van der Waals surface area contributed by atoms with Crippen molar-refractivity contribution in [3.05, 3.63) is 41.3 Å². The van der Waals surface area contributed by atoms with Gasteiger partial charge in [0, 0.05) is 35.1 Å². The van der Waals surface area contributed by atoms with E-state index in [1.165, 1.54) is 11.8 Å². The molecule has 2 bridgehead atoms. The van der Waals surface area contributed by atoms with Crippen LogP contribution in [-0.2, 0) is 0 Å². The fourth-order valence-electron chi connectivity index (χ4n) is 4.61. The molecule has 2 aliphatic heterocycles. The second-order valence-corrected chi connectivity index (χ2v) is 9.30. The minimum atomic E-state index is 0.287. The van der Waals surface area contributed by atoms with E-state index in [1.54, 1.807) is 6.20 Å². The Morgan fingerprint density at radius 1 is 1.14 bits per heavy atom. The van der Waals surface area contributed by atoms with E-state index in [4.69, 9.17) is 28.1 Å². The van der Waals surface area contributed by atoms with E-state index >= 15 is 0 Å². The number of hydrogen-bond donors (Lipinski definition) is 2. The number of hydrogen-bond acceptors (Lipinski definition) is 8. The number of anilines is 1. The molecule has 0 aliphatic carbocycles. The SMILES string of the molecule is CN1C2CC(N)CC1C(c1cnc3nc(Sc4ccnc(N)c4Cl)ccc3n1)C2. The number of likely N-dealkylation sites (N-methyl/N-ethyl adjacent to an activating group) is 1. The molecule has 0 aromatic carbocycles. The number of rotatable bonds is 3. The third kappa shape index (κ3) is 3.44. The van der Waals surface area contributed by atoms with Gasteiger partial charge in [0.25, 0.3) is 0 Å². The first-order valence-corrected chi connectivity index (χ1v) is 10.9. The summed E-state index contributed by atoms with van der Waals surface area (Å²) >= 11 is 7.68. The normalized spacial score (nSPS) is 26.9. The van der Waals surface area contributed by atoms with Gasteiger partial charge >= 0.3 is 0 Å². The molecule has 150 valence electrons. The number of nitrogens with two attached hydrogens (primary N) is 2. The first kappa shape index (κ1) is 19.0. The minimum Gasteiger partial charge on any atom is -0.382 e. The van der Waals surface area contributed by atoms with Gasteiger partial charge in [0.1, 0.15) is 16.4 Å². The highest BCUT2D eigenvalue weighted by Gasteiger charge is 2.45. The molecule has 4 unspecified atom stereocenters. The summed E-state index contributed by atoms with van der Waals surface area (Å²) in [6.45, 7) is 0. The molecule has 7 nitrogen and oxygen atoms in total. The highest BCUT2D eigenvalue weighted by atomic mass is 35.5. The summed E-state index contributed by atoms with van der Waals surface area (Å²) < 4.78 is 0. The second-order valence-electron chi connectivity index (χ2n) is 7.86. The predicted molar refractivity (Wildman–Crippen MR) is 115 cm³/mol. The van der Waals surface area contributed by atoms with E-state index in [0.29, 0.717) is 34.5 Å². The second kappa shape index (κ2) is 7.36. The van der Waals surface area contributed by atoms with Crippen LogP contribution in [0.4, 0.5) is 5.82 Å². The van der Waals surface area contributed by atoms with Gasteiger partial charge in [-0.15, -0.1) is 0 Å². The molecule has 0 saturated carbocycles. The van der Waals surface area contributed by atoms with Crippen LogP contribution >= 0.6 is 23.4 Å². The summed E-state index contributed by atoms with van der Waals surface area (Å²) in [7, 11) is 2.21. The Morgan fingerprint density at radius 2 is 2.00 bits per heavy atom. The number of fused-ring (bicyclic) bond motifs is 3. The first-order chi connectivity index (χ1) is 14.0. The molecule has 9 heteroatoms. The molecule has 0 spiro atoms. The van der Waals surface area contributed by atoms with Gasteiger partial charge in [-0.05, 0) is 44.5 Å². The maximum absolute atomic E-state index is 6.25. The van der Waals surface area contributed by atoms with Gasteiger partial charge in [-0.1, -0.05) is 23.4 Å². The third-order valence-corrected chi connectivity index (χ3v) is 7.59. The molecule has 2 fully saturated rings. The van der Waals surface area contributed by atoms with Gasteiger partial charge in [-0.3, -0.25) is 4.90 Å². The standard InChI is InChI=1S/C20H22ClN7S/c1-28-11-6-10(22)7-15(28)12(8-11)14-9-25-20-13(26-14)2-3-17(27-20)29-16-4-5-24-19(23)18(16)21/h2-5,9-12,15H,6-8,22H2,1H3,(H2,23,24). The van der Waals surface area contributed by atoms with Gasteiger partial charge in [-0.2, -0.15) is 0 Å². The molecule has 4 N–H and O–H groups in total. The summed E-state index contributed by atoms with van der Waals surface area (Å²) in [5.74, 6) is 0.691. The van der Waals surface area contributed by atoms with Crippen LogP contribution in [0.2, 0.25) is 5.02 Å². The van der Waals surface area contributed by atoms with Crippen molar-refractivity contribution in [1.82, 2.24) is 24.8 Å². The average Bonchev–Trinajstić information content (AvgIpc) is 2.89. The highest BCUT2D eigenvalue weighted by molar-refractivity contribution is 7.99. The lowest BCUT2D eigenvalue weighted by atomic mass is 9.93. The fraction of sp³-hybridized carbons (Fsp3) is 0.400. The van der Waals surface area contributed by atoms with Crippen LogP contribution in [0.3, 0.4) is 0 Å². The molecule has 3 aromatic rings. The molecule has 5 heterocycles. The molecule has 4 atom stereocenters. The van der Waals surface area contributed by atoms with Crippen LogP contribution in [0.25, 0.3) is 11.2 Å². The average molecular weight is 428 g/mol. The van der Waals surface area contributed by atoms with Crippen molar-refractivity contribution >= 4 is 40.3 Å². The van der Waals surface area contributed by atoms with E-state index in [0.717, 1.165) is 40.4 Å². The molecule has 2 saturated heterocycles. The topological polar surface area (TPSA) is 107 Å². The van der Waals surface area contributed by atoms with E-state index < -0.39 is 0 Å². The van der Waals surface area contributed by atoms with Crippen LogP contribution < -0.4 is 11.5 Å². The first-order valence-electron chi connectivity index (χ1n) is 9.68. The molecule has 5 rings (SSSR count). The minimum absolute atomic E-state index is 0.287. The zero-order chi connectivity index (χ0) is 20.1. The van der Waals surface area contributed by atoms with Crippen LogP contribution in [0.5, 0.6) is 0 Å². The summed E-state index contributed by atoms with van der Waals surface area (Å²) in [4.78, 5) is 21.4. The molecule has 2 aliphatic rings. The maximum Gasteiger partial charge on any atom is 0.179 e. The van der Waals surface area contributed by atoms with Crippen molar-refractivity contribution in [2.75, 3.05) is 12.8 Å².